The van der Waals surface area contributed by atoms with Gasteiger partial charge in [-0.3, -0.25) is 4.79 Å². The van der Waals surface area contributed by atoms with Gasteiger partial charge in [-0.2, -0.15) is 0 Å². The smallest absolute Gasteiger partial charge is 0.326 e. The van der Waals surface area contributed by atoms with Crippen LogP contribution in [-0.4, -0.2) is 47.1 Å². The molecule has 2 atom stereocenters. The van der Waals surface area contributed by atoms with Crippen molar-refractivity contribution >= 4 is 23.3 Å². The van der Waals surface area contributed by atoms with Crippen LogP contribution in [0, 0.1) is 0 Å². The van der Waals surface area contributed by atoms with Crippen LogP contribution >= 0.6 is 0 Å². The number of aliphatic carboxylic acids is 1. The van der Waals surface area contributed by atoms with Crippen LogP contribution in [0.1, 0.15) is 34.3 Å². The second-order valence-corrected chi connectivity index (χ2v) is 9.61. The molecule has 0 radical (unpaired) electrons. The van der Waals surface area contributed by atoms with E-state index in [-0.39, 0.29) is 18.2 Å². The Kier molecular flexibility index (Phi) is 8.17. The van der Waals surface area contributed by atoms with Crippen molar-refractivity contribution in [1.29, 1.82) is 0 Å². The third kappa shape index (κ3) is 6.44. The minimum absolute atomic E-state index is 0.159. The van der Waals surface area contributed by atoms with Gasteiger partial charge in [0, 0.05) is 36.0 Å². The molecule has 7 heteroatoms. The van der Waals surface area contributed by atoms with Crippen molar-refractivity contribution in [3.8, 4) is 5.75 Å². The Bertz CT molecular complexity index is 1390. The summed E-state index contributed by atoms with van der Waals surface area (Å²) in [6.45, 7) is 1.52. The predicted octanol–water partition coefficient (Wildman–Crippen LogP) is 5.47. The summed E-state index contributed by atoms with van der Waals surface area (Å²) in [6.07, 6.45) is 4.21. The third-order valence-corrected chi connectivity index (χ3v) is 6.96. The molecule has 7 nitrogen and oxygen atoms in total. The number of benzene rings is 3. The molecule has 1 aromatic heterocycles. The zero-order chi connectivity index (χ0) is 27.0. The summed E-state index contributed by atoms with van der Waals surface area (Å²) in [6, 6.07) is 28.8. The molecule has 39 heavy (non-hydrogen) atoms. The van der Waals surface area contributed by atoms with E-state index < -0.39 is 12.0 Å². The lowest BCUT2D eigenvalue weighted by Gasteiger charge is -2.25. The first-order chi connectivity index (χ1) is 19.1. The number of anilines is 2. The van der Waals surface area contributed by atoms with Crippen LogP contribution in [0.5, 0.6) is 5.75 Å². The number of carbonyl (C=O) groups excluding carboxylic acids is 1. The molecule has 0 amide bonds. The largest absolute Gasteiger partial charge is 0.491 e. The van der Waals surface area contributed by atoms with Gasteiger partial charge >= 0.3 is 5.97 Å². The Morgan fingerprint density at radius 2 is 1.69 bits per heavy atom. The average molecular weight is 522 g/mol. The van der Waals surface area contributed by atoms with Gasteiger partial charge in [0.2, 0.25) is 0 Å². The maximum atomic E-state index is 13.1. The van der Waals surface area contributed by atoms with Crippen LogP contribution in [0.3, 0.4) is 0 Å². The molecule has 1 saturated heterocycles. The van der Waals surface area contributed by atoms with Gasteiger partial charge in [-0.05, 0) is 54.8 Å². The van der Waals surface area contributed by atoms with E-state index in [9.17, 15) is 14.7 Å². The highest BCUT2D eigenvalue weighted by Crippen LogP contribution is 2.25. The Hall–Kier alpha value is -4.65. The van der Waals surface area contributed by atoms with E-state index in [1.54, 1.807) is 48.5 Å². The second kappa shape index (κ2) is 12.3. The van der Waals surface area contributed by atoms with Gasteiger partial charge in [0.25, 0.3) is 0 Å². The lowest BCUT2D eigenvalue weighted by Crippen LogP contribution is -2.34. The highest BCUT2D eigenvalue weighted by Gasteiger charge is 2.26. The molecule has 2 heterocycles. The van der Waals surface area contributed by atoms with Crippen molar-refractivity contribution in [2.75, 3.05) is 23.4 Å². The van der Waals surface area contributed by atoms with Crippen LogP contribution in [-0.2, 0) is 11.2 Å². The topological polar surface area (TPSA) is 91.8 Å². The lowest BCUT2D eigenvalue weighted by molar-refractivity contribution is -0.137. The quantitative estimate of drug-likeness (QED) is 0.253. The third-order valence-electron chi connectivity index (χ3n) is 6.96. The van der Waals surface area contributed by atoms with E-state index in [1.807, 2.05) is 54.7 Å². The summed E-state index contributed by atoms with van der Waals surface area (Å²) in [7, 11) is 0. The number of carboxylic acids is 1. The van der Waals surface area contributed by atoms with Crippen LogP contribution < -0.4 is 15.0 Å². The number of para-hydroxylation sites is 1. The molecule has 5 rings (SSSR count). The molecule has 4 aromatic rings. The number of nitrogens with one attached hydrogen (secondary N) is 1. The SMILES string of the molecule is O=C(c1ccccc1)c1ccccc1N[C@@H](Cc1ccc(OC[C@@H]2CCCN2c2ccccn2)cc1)C(=O)O. The monoisotopic (exact) mass is 521 g/mol. The first-order valence-electron chi connectivity index (χ1n) is 13.2. The van der Waals surface area contributed by atoms with Crippen LogP contribution in [0.15, 0.2) is 103 Å². The number of hydrogen-bond donors (Lipinski definition) is 2. The molecular weight excluding hydrogens is 490 g/mol. The van der Waals surface area contributed by atoms with Gasteiger partial charge in [-0.1, -0.05) is 60.7 Å². The predicted molar refractivity (Wildman–Crippen MR) is 152 cm³/mol. The molecule has 1 aliphatic rings. The normalized spacial score (nSPS) is 15.5. The fraction of sp³-hybridized carbons (Fsp3) is 0.219. The fourth-order valence-corrected chi connectivity index (χ4v) is 4.92. The van der Waals surface area contributed by atoms with Crippen molar-refractivity contribution in [3.05, 3.63) is 120 Å². The Morgan fingerprint density at radius 1 is 0.949 bits per heavy atom. The van der Waals surface area contributed by atoms with Crippen molar-refractivity contribution < 1.29 is 19.4 Å². The van der Waals surface area contributed by atoms with Gasteiger partial charge in [-0.25, -0.2) is 9.78 Å². The summed E-state index contributed by atoms with van der Waals surface area (Å²) in [5, 5.41) is 13.0. The molecule has 0 saturated carbocycles. The highest BCUT2D eigenvalue weighted by atomic mass is 16.5. The summed E-state index contributed by atoms with van der Waals surface area (Å²) in [5.41, 5.74) is 2.33. The van der Waals surface area contributed by atoms with Crippen LogP contribution in [0.2, 0.25) is 0 Å². The van der Waals surface area contributed by atoms with E-state index in [1.165, 1.54) is 0 Å². The van der Waals surface area contributed by atoms with E-state index in [2.05, 4.69) is 15.2 Å². The average Bonchev–Trinajstić information content (AvgIpc) is 3.46. The first-order valence-corrected chi connectivity index (χ1v) is 13.2. The molecule has 3 aromatic carbocycles. The fourth-order valence-electron chi connectivity index (χ4n) is 4.92. The maximum absolute atomic E-state index is 13.1. The number of aromatic nitrogens is 1. The molecule has 0 bridgehead atoms. The highest BCUT2D eigenvalue weighted by molar-refractivity contribution is 6.12. The zero-order valence-corrected chi connectivity index (χ0v) is 21.6. The first kappa shape index (κ1) is 26.0. The van der Waals surface area contributed by atoms with Gasteiger partial charge < -0.3 is 20.1 Å². The Labute approximate surface area is 228 Å². The maximum Gasteiger partial charge on any atom is 0.326 e. The molecule has 1 fully saturated rings. The summed E-state index contributed by atoms with van der Waals surface area (Å²) < 4.78 is 6.09. The number of rotatable bonds is 11. The van der Waals surface area contributed by atoms with Crippen molar-refractivity contribution in [3.63, 3.8) is 0 Å². The van der Waals surface area contributed by atoms with Gasteiger partial charge in [0.1, 0.15) is 24.2 Å². The van der Waals surface area contributed by atoms with Crippen LogP contribution in [0.25, 0.3) is 0 Å². The number of ketones is 1. The van der Waals surface area contributed by atoms with E-state index in [0.717, 1.165) is 36.5 Å². The molecule has 2 N–H and O–H groups in total. The number of nitrogens with zero attached hydrogens (tertiary/aromatic N) is 2. The zero-order valence-electron chi connectivity index (χ0n) is 21.6. The lowest BCUT2D eigenvalue weighted by atomic mass is 10.00. The van der Waals surface area contributed by atoms with Gasteiger partial charge in [-0.15, -0.1) is 0 Å². The molecule has 198 valence electrons. The van der Waals surface area contributed by atoms with E-state index in [4.69, 9.17) is 4.74 Å². The number of carboxylic acid groups (broad SMARTS) is 1. The summed E-state index contributed by atoms with van der Waals surface area (Å²) in [4.78, 5) is 32.0. The number of ether oxygens (including phenoxy) is 1. The summed E-state index contributed by atoms with van der Waals surface area (Å²) in [5.74, 6) is 0.560. The van der Waals surface area contributed by atoms with Crippen molar-refractivity contribution in [1.82, 2.24) is 4.98 Å². The molecule has 0 spiro atoms. The van der Waals surface area contributed by atoms with E-state index >= 15 is 0 Å². The number of carbonyl (C=O) groups is 2. The Balaban J connectivity index is 1.22. The minimum Gasteiger partial charge on any atom is -0.491 e. The van der Waals surface area contributed by atoms with Gasteiger partial charge in [0.15, 0.2) is 5.78 Å². The van der Waals surface area contributed by atoms with Crippen LogP contribution in [0.4, 0.5) is 11.5 Å². The molecular formula is C32H31N3O4. The van der Waals surface area contributed by atoms with Crippen molar-refractivity contribution in [2.24, 2.45) is 0 Å². The minimum atomic E-state index is -0.992. The molecule has 0 aliphatic carbocycles. The summed E-state index contributed by atoms with van der Waals surface area (Å²) >= 11 is 0. The standard InChI is InChI=1S/C32H31N3O4/c36-31(24-9-2-1-3-10-24)27-12-4-5-13-28(27)34-29(32(37)38)21-23-15-17-26(18-16-23)39-22-25-11-8-20-35(25)30-14-6-7-19-33-30/h1-7,9-10,12-19,25,29,34H,8,11,20-22H2,(H,37,38)/t25-,29-/m0/s1. The number of pyridine rings is 1. The second-order valence-electron chi connectivity index (χ2n) is 9.61. The van der Waals surface area contributed by atoms with Crippen molar-refractivity contribution in [2.45, 2.75) is 31.3 Å². The number of hydrogen-bond acceptors (Lipinski definition) is 6. The van der Waals surface area contributed by atoms with Gasteiger partial charge in [0.05, 0.1) is 6.04 Å². The van der Waals surface area contributed by atoms with E-state index in [0.29, 0.717) is 23.4 Å². The Morgan fingerprint density at radius 3 is 2.44 bits per heavy atom. The molecule has 0 unspecified atom stereocenters. The molecule has 1 aliphatic heterocycles.